The molecule has 0 saturated heterocycles. The fourth-order valence-electron chi connectivity index (χ4n) is 3.32. The highest BCUT2D eigenvalue weighted by Gasteiger charge is 2.19. The number of benzene rings is 4. The van der Waals surface area contributed by atoms with Crippen molar-refractivity contribution in [1.29, 1.82) is 0 Å². The van der Waals surface area contributed by atoms with Crippen LogP contribution >= 0.6 is 14.8 Å². The van der Waals surface area contributed by atoms with Gasteiger partial charge in [0, 0.05) is 25.9 Å². The van der Waals surface area contributed by atoms with Gasteiger partial charge in [0.25, 0.3) is 0 Å². The SMILES string of the molecule is COc1ccc2ccccc2c1-c1c(S(=O)Br)ccc2ccccc12. The van der Waals surface area contributed by atoms with E-state index in [4.69, 9.17) is 4.74 Å². The van der Waals surface area contributed by atoms with Gasteiger partial charge in [0.05, 0.1) is 12.0 Å². The molecule has 0 aliphatic carbocycles. The van der Waals surface area contributed by atoms with Crippen molar-refractivity contribution in [2.75, 3.05) is 7.11 Å². The molecule has 4 aromatic carbocycles. The lowest BCUT2D eigenvalue weighted by molar-refractivity contribution is 0.417. The average molecular weight is 411 g/mol. The Balaban J connectivity index is 2.24. The number of methoxy groups -OCH3 is 1. The molecule has 0 aliphatic heterocycles. The summed E-state index contributed by atoms with van der Waals surface area (Å²) in [7, 11) is 0.377. The molecule has 4 aromatic rings. The maximum Gasteiger partial charge on any atom is 0.127 e. The van der Waals surface area contributed by atoms with E-state index in [2.05, 4.69) is 39.1 Å². The molecule has 0 heterocycles. The molecule has 124 valence electrons. The van der Waals surface area contributed by atoms with Gasteiger partial charge in [-0.15, -0.1) is 0 Å². The summed E-state index contributed by atoms with van der Waals surface area (Å²) < 4.78 is 18.1. The van der Waals surface area contributed by atoms with Crippen molar-refractivity contribution < 1.29 is 8.95 Å². The van der Waals surface area contributed by atoms with E-state index in [9.17, 15) is 4.21 Å². The lowest BCUT2D eigenvalue weighted by Gasteiger charge is -2.17. The molecular formula is C21H15BrO2S. The Hall–Kier alpha value is -2.17. The van der Waals surface area contributed by atoms with Crippen LogP contribution in [0.5, 0.6) is 5.75 Å². The molecule has 0 saturated carbocycles. The molecular weight excluding hydrogens is 396 g/mol. The first-order chi connectivity index (χ1) is 12.2. The topological polar surface area (TPSA) is 26.3 Å². The molecule has 1 atom stereocenters. The maximum absolute atomic E-state index is 12.4. The van der Waals surface area contributed by atoms with Gasteiger partial charge in [-0.3, -0.25) is 0 Å². The number of halogens is 1. The number of hydrogen-bond acceptors (Lipinski definition) is 2. The van der Waals surface area contributed by atoms with Crippen molar-refractivity contribution >= 4 is 45.6 Å². The molecule has 0 aliphatic rings. The average Bonchev–Trinajstić information content (AvgIpc) is 2.66. The van der Waals surface area contributed by atoms with Crippen molar-refractivity contribution in [3.63, 3.8) is 0 Å². The molecule has 0 spiro atoms. The van der Waals surface area contributed by atoms with Crippen LogP contribution in [0.4, 0.5) is 0 Å². The van der Waals surface area contributed by atoms with E-state index in [1.54, 1.807) is 7.11 Å². The fraction of sp³-hybridized carbons (Fsp3) is 0.0476. The zero-order valence-corrected chi connectivity index (χ0v) is 15.9. The Labute approximate surface area is 156 Å². The highest BCUT2D eigenvalue weighted by Crippen LogP contribution is 2.43. The van der Waals surface area contributed by atoms with Crippen LogP contribution in [-0.4, -0.2) is 11.3 Å². The van der Waals surface area contributed by atoms with Gasteiger partial charge < -0.3 is 4.74 Å². The fourth-order valence-corrected chi connectivity index (χ4v) is 4.68. The van der Waals surface area contributed by atoms with Crippen molar-refractivity contribution in [2.24, 2.45) is 0 Å². The molecule has 0 fully saturated rings. The third-order valence-corrected chi connectivity index (χ3v) is 6.16. The van der Waals surface area contributed by atoms with E-state index in [-0.39, 0.29) is 0 Å². The standard InChI is InChI=1S/C21H15BrO2S/c1-24-18-12-10-14-6-2-4-8-16(14)20(18)21-17-9-5-3-7-15(17)11-13-19(21)25(22)23/h2-13H,1H3. The molecule has 0 amide bonds. The lowest BCUT2D eigenvalue weighted by atomic mass is 9.93. The van der Waals surface area contributed by atoms with Crippen molar-refractivity contribution in [1.82, 2.24) is 0 Å². The van der Waals surface area contributed by atoms with E-state index in [0.29, 0.717) is 0 Å². The van der Waals surface area contributed by atoms with Crippen LogP contribution in [0.25, 0.3) is 32.7 Å². The molecule has 0 bridgehead atoms. The minimum absolute atomic E-state index is 0.744. The van der Waals surface area contributed by atoms with E-state index in [1.807, 2.05) is 48.5 Å². The van der Waals surface area contributed by atoms with Crippen LogP contribution in [0.2, 0.25) is 0 Å². The van der Waals surface area contributed by atoms with Gasteiger partial charge in [-0.05, 0) is 33.7 Å². The van der Waals surface area contributed by atoms with Crippen LogP contribution in [0.1, 0.15) is 0 Å². The summed E-state index contributed by atoms with van der Waals surface area (Å²) in [6, 6.07) is 24.3. The van der Waals surface area contributed by atoms with E-state index in [1.165, 1.54) is 0 Å². The minimum Gasteiger partial charge on any atom is -0.496 e. The second-order valence-electron chi connectivity index (χ2n) is 5.75. The highest BCUT2D eigenvalue weighted by molar-refractivity contribution is 9.46. The van der Waals surface area contributed by atoms with Gasteiger partial charge in [0.15, 0.2) is 0 Å². The molecule has 0 N–H and O–H groups in total. The summed E-state index contributed by atoms with van der Waals surface area (Å²) in [6.07, 6.45) is 0. The Morgan fingerprint density at radius 2 is 1.32 bits per heavy atom. The van der Waals surface area contributed by atoms with E-state index >= 15 is 0 Å². The van der Waals surface area contributed by atoms with Crippen LogP contribution < -0.4 is 4.74 Å². The second-order valence-corrected chi connectivity index (χ2v) is 8.40. The largest absolute Gasteiger partial charge is 0.496 e. The van der Waals surface area contributed by atoms with Crippen molar-refractivity contribution in [3.05, 3.63) is 72.8 Å². The van der Waals surface area contributed by atoms with E-state index < -0.39 is 9.23 Å². The van der Waals surface area contributed by atoms with E-state index in [0.717, 1.165) is 43.3 Å². The Kier molecular flexibility index (Phi) is 4.32. The number of rotatable bonds is 3. The number of hydrogen-bond donors (Lipinski definition) is 0. The number of fused-ring (bicyclic) bond motifs is 2. The predicted molar refractivity (Wildman–Crippen MR) is 109 cm³/mol. The van der Waals surface area contributed by atoms with Crippen LogP contribution in [0.15, 0.2) is 77.7 Å². The van der Waals surface area contributed by atoms with Gasteiger partial charge in [0.2, 0.25) is 0 Å². The summed E-state index contributed by atoms with van der Waals surface area (Å²) in [5.74, 6) is 0.772. The molecule has 0 radical (unpaired) electrons. The molecule has 0 aromatic heterocycles. The Bertz CT molecular complexity index is 1120. The summed E-state index contributed by atoms with van der Waals surface area (Å²) >= 11 is 3.26. The molecule has 25 heavy (non-hydrogen) atoms. The Morgan fingerprint density at radius 3 is 1.92 bits per heavy atom. The number of ether oxygens (including phenoxy) is 1. The monoisotopic (exact) mass is 410 g/mol. The first-order valence-corrected chi connectivity index (χ1v) is 10.9. The molecule has 1 unspecified atom stereocenters. The third-order valence-electron chi connectivity index (χ3n) is 4.42. The Morgan fingerprint density at radius 1 is 0.760 bits per heavy atom. The summed E-state index contributed by atoms with van der Waals surface area (Å²) in [5.41, 5.74) is 1.92. The van der Waals surface area contributed by atoms with Crippen molar-refractivity contribution in [2.45, 2.75) is 4.90 Å². The third kappa shape index (κ3) is 2.75. The van der Waals surface area contributed by atoms with Gasteiger partial charge in [0.1, 0.15) is 15.0 Å². The smallest absolute Gasteiger partial charge is 0.127 e. The minimum atomic E-state index is -1.29. The lowest BCUT2D eigenvalue weighted by Crippen LogP contribution is -1.95. The maximum atomic E-state index is 12.4. The van der Waals surface area contributed by atoms with Crippen LogP contribution in [0.3, 0.4) is 0 Å². The summed E-state index contributed by atoms with van der Waals surface area (Å²) in [6.45, 7) is 0. The summed E-state index contributed by atoms with van der Waals surface area (Å²) in [5, 5.41) is 4.37. The highest BCUT2D eigenvalue weighted by atomic mass is 79.9. The van der Waals surface area contributed by atoms with Gasteiger partial charge in [-0.2, -0.15) is 0 Å². The normalized spacial score (nSPS) is 12.4. The second kappa shape index (κ2) is 6.62. The van der Waals surface area contributed by atoms with Crippen LogP contribution in [-0.2, 0) is 9.23 Å². The van der Waals surface area contributed by atoms with Crippen molar-refractivity contribution in [3.8, 4) is 16.9 Å². The van der Waals surface area contributed by atoms with Gasteiger partial charge >= 0.3 is 0 Å². The van der Waals surface area contributed by atoms with Crippen LogP contribution in [0, 0.1) is 0 Å². The quantitative estimate of drug-likeness (QED) is 0.382. The zero-order valence-electron chi connectivity index (χ0n) is 13.5. The first kappa shape index (κ1) is 16.3. The first-order valence-electron chi connectivity index (χ1n) is 7.86. The van der Waals surface area contributed by atoms with Gasteiger partial charge in [-0.1, -0.05) is 60.7 Å². The summed E-state index contributed by atoms with van der Waals surface area (Å²) in [4.78, 5) is 0.744. The van der Waals surface area contributed by atoms with Gasteiger partial charge in [-0.25, -0.2) is 4.21 Å². The molecule has 4 rings (SSSR count). The zero-order chi connectivity index (χ0) is 17.4. The molecule has 2 nitrogen and oxygen atoms in total. The predicted octanol–water partition coefficient (Wildman–Crippen LogP) is 6.09. The molecule has 4 heteroatoms.